The monoisotopic (exact) mass is 298 g/mol. The summed E-state index contributed by atoms with van der Waals surface area (Å²) in [6.07, 6.45) is 0.291. The van der Waals surface area contributed by atoms with Gasteiger partial charge in [-0.2, -0.15) is 0 Å². The maximum atomic E-state index is 12.5. The van der Waals surface area contributed by atoms with Gasteiger partial charge in [-0.05, 0) is 26.2 Å². The molecule has 2 rings (SSSR count). The Morgan fingerprint density at radius 1 is 1.60 bits per heavy atom. The lowest BCUT2D eigenvalue weighted by Gasteiger charge is -2.34. The molecule has 0 bridgehead atoms. The first-order chi connectivity index (χ1) is 9.38. The third kappa shape index (κ3) is 3.21. The molecule has 0 radical (unpaired) electrons. The SMILES string of the molecule is CC(C)Nc1nc(N)c(C(=O)N2CCC(O)C(C)C2)s1. The van der Waals surface area contributed by atoms with Crippen molar-refractivity contribution in [1.82, 2.24) is 9.88 Å². The quantitative estimate of drug-likeness (QED) is 0.784. The number of nitrogens with zero attached hydrogens (tertiary/aromatic N) is 2. The second-order valence-electron chi connectivity index (χ2n) is 5.62. The third-order valence-electron chi connectivity index (χ3n) is 3.41. The van der Waals surface area contributed by atoms with Gasteiger partial charge in [0, 0.05) is 19.1 Å². The molecule has 1 fully saturated rings. The van der Waals surface area contributed by atoms with Crippen molar-refractivity contribution in [1.29, 1.82) is 0 Å². The molecule has 6 nitrogen and oxygen atoms in total. The topological polar surface area (TPSA) is 91.5 Å². The number of aliphatic hydroxyl groups is 1. The first-order valence-corrected chi connectivity index (χ1v) is 7.70. The Bertz CT molecular complexity index is 489. The van der Waals surface area contributed by atoms with E-state index in [-0.39, 0.29) is 29.8 Å². The molecule has 2 unspecified atom stereocenters. The van der Waals surface area contributed by atoms with Gasteiger partial charge >= 0.3 is 0 Å². The van der Waals surface area contributed by atoms with E-state index in [0.717, 1.165) is 0 Å². The minimum Gasteiger partial charge on any atom is -0.393 e. The van der Waals surface area contributed by atoms with Gasteiger partial charge in [-0.1, -0.05) is 18.3 Å². The number of hydrogen-bond donors (Lipinski definition) is 3. The molecule has 0 aromatic carbocycles. The first-order valence-electron chi connectivity index (χ1n) is 6.88. The summed E-state index contributed by atoms with van der Waals surface area (Å²) in [4.78, 5) is 18.9. The molecular weight excluding hydrogens is 276 g/mol. The Morgan fingerprint density at radius 3 is 2.90 bits per heavy atom. The lowest BCUT2D eigenvalue weighted by atomic mass is 9.97. The van der Waals surface area contributed by atoms with Crippen molar-refractivity contribution in [3.8, 4) is 0 Å². The fourth-order valence-electron chi connectivity index (χ4n) is 2.26. The van der Waals surface area contributed by atoms with Crippen LogP contribution in [-0.4, -0.2) is 46.1 Å². The highest BCUT2D eigenvalue weighted by Crippen LogP contribution is 2.28. The molecule has 4 N–H and O–H groups in total. The van der Waals surface area contributed by atoms with E-state index in [4.69, 9.17) is 5.73 Å². The van der Waals surface area contributed by atoms with Crippen LogP contribution in [0.3, 0.4) is 0 Å². The zero-order valence-corrected chi connectivity index (χ0v) is 12.9. The second-order valence-corrected chi connectivity index (χ2v) is 6.62. The molecule has 1 aromatic rings. The number of rotatable bonds is 3. The zero-order valence-electron chi connectivity index (χ0n) is 12.1. The minimum atomic E-state index is -0.323. The Labute approximate surface area is 123 Å². The average molecular weight is 298 g/mol. The van der Waals surface area contributed by atoms with Crippen molar-refractivity contribution in [2.75, 3.05) is 24.1 Å². The number of nitrogens with one attached hydrogen (secondary N) is 1. The number of nitrogen functional groups attached to an aromatic ring is 1. The molecule has 112 valence electrons. The van der Waals surface area contributed by atoms with Crippen LogP contribution in [0.1, 0.15) is 36.9 Å². The highest BCUT2D eigenvalue weighted by Gasteiger charge is 2.30. The predicted molar refractivity (Wildman–Crippen MR) is 81.0 cm³/mol. The van der Waals surface area contributed by atoms with Crippen molar-refractivity contribution in [2.24, 2.45) is 5.92 Å². The summed E-state index contributed by atoms with van der Waals surface area (Å²) < 4.78 is 0. The summed E-state index contributed by atoms with van der Waals surface area (Å²) in [5.41, 5.74) is 5.85. The summed E-state index contributed by atoms with van der Waals surface area (Å²) in [6.45, 7) is 7.09. The molecular formula is C13H22N4O2S. The summed E-state index contributed by atoms with van der Waals surface area (Å²) in [5.74, 6) is 0.285. The number of amides is 1. The van der Waals surface area contributed by atoms with Gasteiger partial charge in [-0.15, -0.1) is 0 Å². The predicted octanol–water partition coefficient (Wildman–Crippen LogP) is 1.39. The lowest BCUT2D eigenvalue weighted by molar-refractivity contribution is 0.0301. The molecule has 1 amide bonds. The largest absolute Gasteiger partial charge is 0.393 e. The average Bonchev–Trinajstić information content (AvgIpc) is 2.72. The normalized spacial score (nSPS) is 23.1. The minimum absolute atomic E-state index is 0.0874. The van der Waals surface area contributed by atoms with E-state index >= 15 is 0 Å². The van der Waals surface area contributed by atoms with E-state index in [0.29, 0.717) is 29.5 Å². The van der Waals surface area contributed by atoms with Crippen LogP contribution < -0.4 is 11.1 Å². The third-order valence-corrected chi connectivity index (χ3v) is 4.40. The van der Waals surface area contributed by atoms with E-state index in [1.54, 1.807) is 4.90 Å². The van der Waals surface area contributed by atoms with Gasteiger partial charge in [0.25, 0.3) is 5.91 Å². The van der Waals surface area contributed by atoms with Gasteiger partial charge in [-0.25, -0.2) is 4.98 Å². The van der Waals surface area contributed by atoms with Gasteiger partial charge in [0.2, 0.25) is 0 Å². The number of hydrogen-bond acceptors (Lipinski definition) is 6. The maximum absolute atomic E-state index is 12.5. The smallest absolute Gasteiger partial charge is 0.267 e. The van der Waals surface area contributed by atoms with Crippen LogP contribution in [0.25, 0.3) is 0 Å². The van der Waals surface area contributed by atoms with E-state index < -0.39 is 0 Å². The molecule has 0 saturated carbocycles. The van der Waals surface area contributed by atoms with Gasteiger partial charge in [0.1, 0.15) is 10.7 Å². The Hall–Kier alpha value is -1.34. The van der Waals surface area contributed by atoms with E-state index in [2.05, 4.69) is 10.3 Å². The zero-order chi connectivity index (χ0) is 14.9. The number of aliphatic hydroxyl groups excluding tert-OH is 1. The molecule has 0 aliphatic carbocycles. The highest BCUT2D eigenvalue weighted by molar-refractivity contribution is 7.18. The summed E-state index contributed by atoms with van der Waals surface area (Å²) in [7, 11) is 0. The molecule has 20 heavy (non-hydrogen) atoms. The van der Waals surface area contributed by atoms with Crippen LogP contribution in [0.5, 0.6) is 0 Å². The first kappa shape index (κ1) is 15.1. The van der Waals surface area contributed by atoms with Crippen molar-refractivity contribution in [3.05, 3.63) is 4.88 Å². The number of anilines is 2. The molecule has 2 atom stereocenters. The number of thiazole rings is 1. The Morgan fingerprint density at radius 2 is 2.30 bits per heavy atom. The van der Waals surface area contributed by atoms with Crippen LogP contribution >= 0.6 is 11.3 Å². The van der Waals surface area contributed by atoms with E-state index in [1.807, 2.05) is 20.8 Å². The molecule has 1 aromatic heterocycles. The lowest BCUT2D eigenvalue weighted by Crippen LogP contribution is -2.44. The summed E-state index contributed by atoms with van der Waals surface area (Å²) >= 11 is 1.29. The number of likely N-dealkylation sites (tertiary alicyclic amines) is 1. The van der Waals surface area contributed by atoms with E-state index in [9.17, 15) is 9.90 Å². The van der Waals surface area contributed by atoms with Crippen molar-refractivity contribution in [3.63, 3.8) is 0 Å². The fourth-order valence-corrected chi connectivity index (χ4v) is 3.25. The van der Waals surface area contributed by atoms with Crippen molar-refractivity contribution >= 4 is 28.2 Å². The number of piperidine rings is 1. The van der Waals surface area contributed by atoms with Crippen LogP contribution in [0.2, 0.25) is 0 Å². The molecule has 1 saturated heterocycles. The van der Waals surface area contributed by atoms with Crippen LogP contribution in [-0.2, 0) is 0 Å². The van der Waals surface area contributed by atoms with Gasteiger partial charge in [-0.3, -0.25) is 4.79 Å². The highest BCUT2D eigenvalue weighted by atomic mass is 32.1. The molecule has 1 aliphatic heterocycles. The molecule has 1 aliphatic rings. The maximum Gasteiger partial charge on any atom is 0.267 e. The van der Waals surface area contributed by atoms with Crippen molar-refractivity contribution in [2.45, 2.75) is 39.3 Å². The van der Waals surface area contributed by atoms with Gasteiger partial charge in [0.05, 0.1) is 6.10 Å². The van der Waals surface area contributed by atoms with Crippen LogP contribution in [0, 0.1) is 5.92 Å². The van der Waals surface area contributed by atoms with Gasteiger partial charge < -0.3 is 21.1 Å². The molecule has 7 heteroatoms. The number of aromatic nitrogens is 1. The Balaban J connectivity index is 2.11. The molecule has 2 heterocycles. The number of carbonyl (C=O) groups excluding carboxylic acids is 1. The van der Waals surface area contributed by atoms with Gasteiger partial charge in [0.15, 0.2) is 5.13 Å². The standard InChI is InChI=1S/C13H22N4O2S/c1-7(2)15-13-16-11(14)10(20-13)12(19)17-5-4-9(18)8(3)6-17/h7-9,18H,4-6,14H2,1-3H3,(H,15,16). The van der Waals surface area contributed by atoms with E-state index in [1.165, 1.54) is 11.3 Å². The van der Waals surface area contributed by atoms with Crippen LogP contribution in [0.15, 0.2) is 0 Å². The summed E-state index contributed by atoms with van der Waals surface area (Å²) in [6, 6.07) is 0.244. The fraction of sp³-hybridized carbons (Fsp3) is 0.692. The van der Waals surface area contributed by atoms with Crippen molar-refractivity contribution < 1.29 is 9.90 Å². The second kappa shape index (κ2) is 5.97. The number of nitrogens with two attached hydrogens (primary N) is 1. The van der Waals surface area contributed by atoms with Crippen LogP contribution in [0.4, 0.5) is 10.9 Å². The molecule has 0 spiro atoms. The Kier molecular flexibility index (Phi) is 4.49. The number of carbonyl (C=O) groups is 1. The summed E-state index contributed by atoms with van der Waals surface area (Å²) in [5, 5.41) is 13.6.